The highest BCUT2D eigenvalue weighted by molar-refractivity contribution is 5.47. The van der Waals surface area contributed by atoms with Crippen LogP contribution in [0.25, 0.3) is 0 Å². The molecule has 0 aromatic carbocycles. The molecule has 4 nitrogen and oxygen atoms in total. The van der Waals surface area contributed by atoms with Crippen molar-refractivity contribution in [1.82, 2.24) is 10.3 Å². The number of nitrogens with zero attached hydrogens (tertiary/aromatic N) is 1. The Hall–Kier alpha value is -1.13. The number of nitrogens with one attached hydrogen (secondary N) is 1. The Morgan fingerprint density at radius 3 is 2.67 bits per heavy atom. The zero-order valence-corrected chi connectivity index (χ0v) is 11.9. The maximum absolute atomic E-state index is 6.06. The first-order chi connectivity index (χ1) is 8.59. The predicted octanol–water partition coefficient (Wildman–Crippen LogP) is 2.52. The van der Waals surface area contributed by atoms with Crippen LogP contribution in [0, 0.1) is 0 Å². The number of pyridine rings is 1. The molecule has 0 aliphatic rings. The van der Waals surface area contributed by atoms with Crippen molar-refractivity contribution in [3.8, 4) is 0 Å². The van der Waals surface area contributed by atoms with Crippen molar-refractivity contribution in [3.05, 3.63) is 24.0 Å². The van der Waals surface area contributed by atoms with Crippen molar-refractivity contribution < 1.29 is 4.74 Å². The van der Waals surface area contributed by atoms with Gasteiger partial charge in [0.05, 0.1) is 11.6 Å². The first-order valence-electron chi connectivity index (χ1n) is 6.65. The molecule has 0 bridgehead atoms. The van der Waals surface area contributed by atoms with E-state index in [9.17, 15) is 0 Å². The van der Waals surface area contributed by atoms with Gasteiger partial charge in [-0.15, -0.1) is 0 Å². The lowest BCUT2D eigenvalue weighted by Crippen LogP contribution is -2.44. The fraction of sp³-hybridized carbons (Fsp3) is 0.643. The van der Waals surface area contributed by atoms with E-state index in [2.05, 4.69) is 31.1 Å². The van der Waals surface area contributed by atoms with Gasteiger partial charge in [0.15, 0.2) is 0 Å². The van der Waals surface area contributed by atoms with E-state index in [-0.39, 0.29) is 11.6 Å². The average Bonchev–Trinajstić information content (AvgIpc) is 2.37. The van der Waals surface area contributed by atoms with Gasteiger partial charge in [-0.1, -0.05) is 13.8 Å². The van der Waals surface area contributed by atoms with Crippen molar-refractivity contribution in [2.24, 2.45) is 0 Å². The van der Waals surface area contributed by atoms with Gasteiger partial charge >= 0.3 is 0 Å². The van der Waals surface area contributed by atoms with E-state index in [1.807, 2.05) is 19.2 Å². The van der Waals surface area contributed by atoms with E-state index in [1.54, 1.807) is 6.20 Å². The third-order valence-corrected chi connectivity index (χ3v) is 3.39. The number of nitrogens with two attached hydrogens (primary N) is 1. The lowest BCUT2D eigenvalue weighted by atomic mass is 9.87. The molecule has 1 rings (SSSR count). The maximum Gasteiger partial charge on any atom is 0.0846 e. The molecule has 0 saturated heterocycles. The zero-order chi connectivity index (χ0) is 13.6. The third kappa shape index (κ3) is 3.21. The quantitative estimate of drug-likeness (QED) is 0.781. The van der Waals surface area contributed by atoms with Crippen LogP contribution in [0.3, 0.4) is 0 Å². The largest absolute Gasteiger partial charge is 0.398 e. The molecule has 0 aliphatic heterocycles. The second-order valence-corrected chi connectivity index (χ2v) is 4.59. The van der Waals surface area contributed by atoms with Crippen LogP contribution in [0.2, 0.25) is 0 Å². The molecule has 0 fully saturated rings. The van der Waals surface area contributed by atoms with Crippen LogP contribution in [-0.4, -0.2) is 23.7 Å². The zero-order valence-electron chi connectivity index (χ0n) is 11.9. The summed E-state index contributed by atoms with van der Waals surface area (Å²) in [6.07, 6.45) is 4.45. The summed E-state index contributed by atoms with van der Waals surface area (Å²) in [4.78, 5) is 4.18. The highest BCUT2D eigenvalue weighted by Gasteiger charge is 2.35. The van der Waals surface area contributed by atoms with Crippen molar-refractivity contribution in [2.45, 2.75) is 45.8 Å². The van der Waals surface area contributed by atoms with E-state index in [4.69, 9.17) is 10.5 Å². The Morgan fingerprint density at radius 1 is 1.44 bits per heavy atom. The fourth-order valence-electron chi connectivity index (χ4n) is 2.24. The molecule has 0 radical (unpaired) electrons. The van der Waals surface area contributed by atoms with Crippen molar-refractivity contribution in [3.63, 3.8) is 0 Å². The van der Waals surface area contributed by atoms with Gasteiger partial charge in [-0.2, -0.15) is 0 Å². The highest BCUT2D eigenvalue weighted by Crippen LogP contribution is 2.34. The number of hydrogen-bond donors (Lipinski definition) is 2. The van der Waals surface area contributed by atoms with Gasteiger partial charge in [0.25, 0.3) is 0 Å². The number of anilines is 1. The number of hydrogen-bond acceptors (Lipinski definition) is 4. The molecule has 4 heteroatoms. The Kier molecular flexibility index (Phi) is 5.56. The molecule has 1 aromatic rings. The molecule has 2 atom stereocenters. The summed E-state index contributed by atoms with van der Waals surface area (Å²) in [7, 11) is 0. The smallest absolute Gasteiger partial charge is 0.0846 e. The van der Waals surface area contributed by atoms with E-state index in [1.165, 1.54) is 0 Å². The van der Waals surface area contributed by atoms with Gasteiger partial charge in [0.2, 0.25) is 0 Å². The van der Waals surface area contributed by atoms with E-state index in [0.717, 1.165) is 24.2 Å². The third-order valence-electron chi connectivity index (χ3n) is 3.39. The molecule has 2 unspecified atom stereocenters. The number of ether oxygens (including phenoxy) is 1. The summed E-state index contributed by atoms with van der Waals surface area (Å²) in [5, 5.41) is 3.47. The Balaban J connectivity index is 3.12. The van der Waals surface area contributed by atoms with Crippen molar-refractivity contribution in [2.75, 3.05) is 18.9 Å². The topological polar surface area (TPSA) is 60.2 Å². The number of aromatic nitrogens is 1. The van der Waals surface area contributed by atoms with Crippen LogP contribution in [0.4, 0.5) is 5.69 Å². The van der Waals surface area contributed by atoms with Gasteiger partial charge in [-0.05, 0) is 32.9 Å². The molecule has 1 heterocycles. The number of rotatable bonds is 7. The summed E-state index contributed by atoms with van der Waals surface area (Å²) >= 11 is 0. The molecule has 102 valence electrons. The summed E-state index contributed by atoms with van der Waals surface area (Å²) in [6.45, 7) is 9.90. The van der Waals surface area contributed by atoms with Crippen molar-refractivity contribution in [1.29, 1.82) is 0 Å². The molecule has 3 N–H and O–H groups in total. The molecule has 18 heavy (non-hydrogen) atoms. The van der Waals surface area contributed by atoms with Crippen LogP contribution < -0.4 is 11.1 Å². The molecule has 0 amide bonds. The number of nitrogen functional groups attached to an aromatic ring is 1. The Morgan fingerprint density at radius 2 is 2.17 bits per heavy atom. The first kappa shape index (κ1) is 14.9. The van der Waals surface area contributed by atoms with Gasteiger partial charge in [-0.3, -0.25) is 4.98 Å². The summed E-state index contributed by atoms with van der Waals surface area (Å²) < 4.78 is 5.96. The van der Waals surface area contributed by atoms with Crippen molar-refractivity contribution >= 4 is 5.69 Å². The minimum absolute atomic E-state index is 0.0566. The van der Waals surface area contributed by atoms with Gasteiger partial charge < -0.3 is 15.8 Å². The molecule has 1 aromatic heterocycles. The van der Waals surface area contributed by atoms with Crippen LogP contribution in [0.1, 0.15) is 45.7 Å². The minimum atomic E-state index is -0.276. The molecular weight excluding hydrogens is 226 g/mol. The SMILES string of the molecule is CCNC(c1cnccc1N)C(C)(CC)OCC. The summed E-state index contributed by atoms with van der Waals surface area (Å²) in [5.74, 6) is 0. The van der Waals surface area contributed by atoms with Crippen LogP contribution in [-0.2, 0) is 4.74 Å². The van der Waals surface area contributed by atoms with E-state index in [0.29, 0.717) is 6.61 Å². The maximum atomic E-state index is 6.06. The second kappa shape index (κ2) is 6.71. The van der Waals surface area contributed by atoms with Crippen LogP contribution in [0.5, 0.6) is 0 Å². The Labute approximate surface area is 110 Å². The molecule has 0 saturated carbocycles. The van der Waals surface area contributed by atoms with Crippen LogP contribution in [0.15, 0.2) is 18.5 Å². The average molecular weight is 251 g/mol. The van der Waals surface area contributed by atoms with Crippen LogP contribution >= 0.6 is 0 Å². The Bertz CT molecular complexity index is 370. The summed E-state index contributed by atoms with van der Waals surface area (Å²) in [5.41, 5.74) is 7.56. The van der Waals surface area contributed by atoms with Gasteiger partial charge in [0, 0.05) is 30.3 Å². The van der Waals surface area contributed by atoms with E-state index < -0.39 is 0 Å². The highest BCUT2D eigenvalue weighted by atomic mass is 16.5. The lowest BCUT2D eigenvalue weighted by Gasteiger charge is -2.38. The van der Waals surface area contributed by atoms with E-state index >= 15 is 0 Å². The lowest BCUT2D eigenvalue weighted by molar-refractivity contribution is -0.0559. The number of likely N-dealkylation sites (N-methyl/N-ethyl adjacent to an activating group) is 1. The standard InChI is InChI=1S/C14H25N3O/c1-5-14(4,18-7-3)13(17-6-2)11-10-16-9-8-12(11)15/h8-10,13,17H,5-7H2,1-4H3,(H2,15,16). The monoisotopic (exact) mass is 251 g/mol. The first-order valence-corrected chi connectivity index (χ1v) is 6.65. The molecular formula is C14H25N3O. The predicted molar refractivity (Wildman–Crippen MR) is 75.4 cm³/mol. The minimum Gasteiger partial charge on any atom is -0.398 e. The van der Waals surface area contributed by atoms with Gasteiger partial charge in [0.1, 0.15) is 0 Å². The summed E-state index contributed by atoms with van der Waals surface area (Å²) in [6, 6.07) is 1.89. The second-order valence-electron chi connectivity index (χ2n) is 4.59. The normalized spacial score (nSPS) is 16.2. The van der Waals surface area contributed by atoms with Gasteiger partial charge in [-0.25, -0.2) is 0 Å². The molecule has 0 aliphatic carbocycles. The molecule has 0 spiro atoms. The fourth-order valence-corrected chi connectivity index (χ4v) is 2.24.